The van der Waals surface area contributed by atoms with Gasteiger partial charge in [0.1, 0.15) is 12.2 Å². The minimum atomic E-state index is -0.617. The van der Waals surface area contributed by atoms with Crippen LogP contribution in [0, 0.1) is 0 Å². The zero-order valence-electron chi connectivity index (χ0n) is 22.7. The number of piperazine rings is 1. The Morgan fingerprint density at radius 2 is 1.64 bits per heavy atom. The molecule has 4 rings (SSSR count). The minimum absolute atomic E-state index is 0.0930. The fourth-order valence-corrected chi connectivity index (χ4v) is 4.40. The number of hydrogen-bond acceptors (Lipinski definition) is 6. The summed E-state index contributed by atoms with van der Waals surface area (Å²) in [6, 6.07) is 21.9. The van der Waals surface area contributed by atoms with E-state index in [1.807, 2.05) is 81.4 Å². The quantitative estimate of drug-likeness (QED) is 0.465. The van der Waals surface area contributed by atoms with Gasteiger partial charge in [0, 0.05) is 49.8 Å². The number of hydrogen-bond donors (Lipinski definition) is 1. The molecule has 3 aromatic rings. The van der Waals surface area contributed by atoms with Crippen molar-refractivity contribution in [1.82, 2.24) is 14.4 Å². The molecule has 1 fully saturated rings. The van der Waals surface area contributed by atoms with Gasteiger partial charge in [-0.1, -0.05) is 36.4 Å². The minimum Gasteiger partial charge on any atom is -0.445 e. The number of ether oxygens (including phenoxy) is 2. The molecule has 0 aliphatic carbocycles. The topological polar surface area (TPSA) is 93.1 Å². The van der Waals surface area contributed by atoms with Gasteiger partial charge in [-0.05, 0) is 63.1 Å². The number of carbonyl (C=O) groups excluding carboxylic acids is 2. The molecule has 2 amide bonds. The second-order valence-corrected chi connectivity index (χ2v) is 10.5. The molecule has 1 aliphatic rings. The molecule has 1 atom stereocenters. The first-order valence-electron chi connectivity index (χ1n) is 13.2. The molecular weight excluding hydrogens is 496 g/mol. The standard InChI is InChI=1S/C30H36N4O5/c1-30(2,3)39-29(37)34-20-19-32(28(36)38-22-23-9-5-4-6-10-23)21-26(34)16-17-31-24-12-14-25(15-13-24)33-18-8-7-11-27(33)35/h4-15,18,26,31H,16-17,19-22H2,1-3H3/t26-/m1/s1. The van der Waals surface area contributed by atoms with Crippen LogP contribution in [0.15, 0.2) is 83.8 Å². The van der Waals surface area contributed by atoms with Crippen LogP contribution in [0.2, 0.25) is 0 Å². The van der Waals surface area contributed by atoms with E-state index in [1.54, 1.807) is 26.6 Å². The second-order valence-electron chi connectivity index (χ2n) is 10.5. The van der Waals surface area contributed by atoms with Crippen molar-refractivity contribution in [3.63, 3.8) is 0 Å². The van der Waals surface area contributed by atoms with Crippen molar-refractivity contribution in [3.05, 3.63) is 94.9 Å². The number of anilines is 1. The molecule has 0 saturated carbocycles. The summed E-state index contributed by atoms with van der Waals surface area (Å²) < 4.78 is 12.8. The summed E-state index contributed by atoms with van der Waals surface area (Å²) in [6.07, 6.45) is 1.55. The SMILES string of the molecule is CC(C)(C)OC(=O)N1CCN(C(=O)OCc2ccccc2)C[C@H]1CCNc1ccc(-n2ccccc2=O)cc1. The van der Waals surface area contributed by atoms with Gasteiger partial charge in [0.2, 0.25) is 0 Å². The Hall–Kier alpha value is -4.27. The molecule has 1 saturated heterocycles. The summed E-state index contributed by atoms with van der Waals surface area (Å²) >= 11 is 0. The van der Waals surface area contributed by atoms with E-state index in [0.29, 0.717) is 32.6 Å². The first kappa shape index (κ1) is 27.8. The van der Waals surface area contributed by atoms with Crippen LogP contribution < -0.4 is 10.9 Å². The Bertz CT molecular complexity index is 1300. The van der Waals surface area contributed by atoms with E-state index in [0.717, 1.165) is 16.9 Å². The first-order chi connectivity index (χ1) is 18.7. The Labute approximate surface area is 228 Å². The lowest BCUT2D eigenvalue weighted by Gasteiger charge is -2.41. The first-order valence-corrected chi connectivity index (χ1v) is 13.2. The number of rotatable bonds is 7. The molecule has 206 valence electrons. The second kappa shape index (κ2) is 12.5. The molecule has 9 heteroatoms. The highest BCUT2D eigenvalue weighted by molar-refractivity contribution is 5.71. The summed E-state index contributed by atoms with van der Waals surface area (Å²) in [4.78, 5) is 41.2. The Kier molecular flexibility index (Phi) is 8.91. The molecule has 1 N–H and O–H groups in total. The van der Waals surface area contributed by atoms with Crippen LogP contribution in [0.3, 0.4) is 0 Å². The summed E-state index contributed by atoms with van der Waals surface area (Å²) in [5.41, 5.74) is 1.88. The smallest absolute Gasteiger partial charge is 0.410 e. The molecular formula is C30H36N4O5. The fraction of sp³-hybridized carbons (Fsp3) is 0.367. The zero-order valence-corrected chi connectivity index (χ0v) is 22.7. The summed E-state index contributed by atoms with van der Waals surface area (Å²) in [7, 11) is 0. The normalized spacial score (nSPS) is 15.5. The number of amides is 2. The number of pyridine rings is 1. The summed E-state index contributed by atoms with van der Waals surface area (Å²) in [5.74, 6) is 0. The molecule has 2 aromatic carbocycles. The van der Waals surface area contributed by atoms with Crippen molar-refractivity contribution in [2.75, 3.05) is 31.5 Å². The maximum atomic E-state index is 13.0. The maximum Gasteiger partial charge on any atom is 0.410 e. The fourth-order valence-electron chi connectivity index (χ4n) is 4.40. The van der Waals surface area contributed by atoms with Crippen molar-refractivity contribution in [2.24, 2.45) is 0 Å². The predicted octanol–water partition coefficient (Wildman–Crippen LogP) is 4.90. The molecule has 9 nitrogen and oxygen atoms in total. The van der Waals surface area contributed by atoms with Gasteiger partial charge in [-0.15, -0.1) is 0 Å². The molecule has 2 heterocycles. The van der Waals surface area contributed by atoms with Gasteiger partial charge in [-0.3, -0.25) is 9.36 Å². The monoisotopic (exact) mass is 532 g/mol. The molecule has 0 spiro atoms. The number of aromatic nitrogens is 1. The van der Waals surface area contributed by atoms with E-state index >= 15 is 0 Å². The van der Waals surface area contributed by atoms with Gasteiger partial charge < -0.3 is 24.6 Å². The molecule has 1 aromatic heterocycles. The van der Waals surface area contributed by atoms with Crippen LogP contribution in [0.5, 0.6) is 0 Å². The van der Waals surface area contributed by atoms with Crippen molar-refractivity contribution < 1.29 is 19.1 Å². The van der Waals surface area contributed by atoms with Crippen LogP contribution in [-0.2, 0) is 16.1 Å². The summed E-state index contributed by atoms with van der Waals surface area (Å²) in [6.45, 7) is 7.37. The average Bonchev–Trinajstić information content (AvgIpc) is 2.92. The van der Waals surface area contributed by atoms with Crippen LogP contribution in [0.1, 0.15) is 32.8 Å². The lowest BCUT2D eigenvalue weighted by molar-refractivity contribution is -0.00386. The number of benzene rings is 2. The van der Waals surface area contributed by atoms with E-state index in [1.165, 1.54) is 6.07 Å². The molecule has 39 heavy (non-hydrogen) atoms. The predicted molar refractivity (Wildman–Crippen MR) is 150 cm³/mol. The van der Waals surface area contributed by atoms with Crippen LogP contribution in [0.4, 0.5) is 15.3 Å². The molecule has 0 unspecified atom stereocenters. The lowest BCUT2D eigenvalue weighted by Crippen LogP contribution is -2.57. The summed E-state index contributed by atoms with van der Waals surface area (Å²) in [5, 5.41) is 3.38. The van der Waals surface area contributed by atoms with Gasteiger partial charge >= 0.3 is 12.2 Å². The number of nitrogens with one attached hydrogen (secondary N) is 1. The van der Waals surface area contributed by atoms with Gasteiger partial charge in [0.25, 0.3) is 5.56 Å². The van der Waals surface area contributed by atoms with Gasteiger partial charge in [-0.2, -0.15) is 0 Å². The van der Waals surface area contributed by atoms with Gasteiger partial charge in [0.05, 0.1) is 6.04 Å². The third-order valence-electron chi connectivity index (χ3n) is 6.35. The maximum absolute atomic E-state index is 13.0. The average molecular weight is 533 g/mol. The third kappa shape index (κ3) is 7.86. The highest BCUT2D eigenvalue weighted by Crippen LogP contribution is 2.20. The number of carbonyl (C=O) groups is 2. The Morgan fingerprint density at radius 1 is 0.923 bits per heavy atom. The van der Waals surface area contributed by atoms with Crippen LogP contribution in [0.25, 0.3) is 5.69 Å². The van der Waals surface area contributed by atoms with Crippen LogP contribution >= 0.6 is 0 Å². The molecule has 0 radical (unpaired) electrons. The van der Waals surface area contributed by atoms with Crippen molar-refractivity contribution in [1.29, 1.82) is 0 Å². The largest absolute Gasteiger partial charge is 0.445 e. The van der Waals surface area contributed by atoms with E-state index in [4.69, 9.17) is 9.47 Å². The van der Waals surface area contributed by atoms with Gasteiger partial charge in [0.15, 0.2) is 0 Å². The molecule has 0 bridgehead atoms. The highest BCUT2D eigenvalue weighted by atomic mass is 16.6. The van der Waals surface area contributed by atoms with Crippen molar-refractivity contribution in [2.45, 2.75) is 45.4 Å². The number of nitrogens with zero attached hydrogens (tertiary/aromatic N) is 3. The van der Waals surface area contributed by atoms with E-state index in [9.17, 15) is 14.4 Å². The molecule has 1 aliphatic heterocycles. The lowest BCUT2D eigenvalue weighted by atomic mass is 10.1. The Morgan fingerprint density at radius 3 is 2.33 bits per heavy atom. The van der Waals surface area contributed by atoms with E-state index in [-0.39, 0.29) is 24.3 Å². The Balaban J connectivity index is 1.37. The zero-order chi connectivity index (χ0) is 27.8. The van der Waals surface area contributed by atoms with Crippen molar-refractivity contribution >= 4 is 17.9 Å². The highest BCUT2D eigenvalue weighted by Gasteiger charge is 2.35. The van der Waals surface area contributed by atoms with Gasteiger partial charge in [-0.25, -0.2) is 9.59 Å². The van der Waals surface area contributed by atoms with Crippen LogP contribution in [-0.4, -0.2) is 64.4 Å². The third-order valence-corrected chi connectivity index (χ3v) is 6.35. The van der Waals surface area contributed by atoms with E-state index in [2.05, 4.69) is 5.32 Å². The van der Waals surface area contributed by atoms with Crippen molar-refractivity contribution in [3.8, 4) is 5.69 Å². The van der Waals surface area contributed by atoms with E-state index < -0.39 is 11.7 Å².